The van der Waals surface area contributed by atoms with Gasteiger partial charge in [0.05, 0.1) is 12.8 Å². The topological polar surface area (TPSA) is 73.6 Å². The zero-order valence-electron chi connectivity index (χ0n) is 11.6. The maximum absolute atomic E-state index is 12.3. The number of anilines is 2. The molecule has 1 amide bonds. The molecule has 2 aromatic carbocycles. The Morgan fingerprint density at radius 2 is 2.14 bits per heavy atom. The van der Waals surface area contributed by atoms with E-state index in [9.17, 15) is 4.79 Å². The number of hydrogen-bond acceptors (Lipinski definition) is 4. The predicted molar refractivity (Wildman–Crippen MR) is 80.6 cm³/mol. The van der Waals surface area contributed by atoms with Crippen LogP contribution in [-0.4, -0.2) is 19.1 Å². The monoisotopic (exact) mass is 284 g/mol. The number of nitrogens with two attached hydrogens (primary N) is 1. The maximum atomic E-state index is 12.3. The minimum atomic E-state index is -0.523. The van der Waals surface area contributed by atoms with Crippen molar-refractivity contribution in [3.05, 3.63) is 48.0 Å². The minimum Gasteiger partial charge on any atom is -0.494 e. The van der Waals surface area contributed by atoms with Gasteiger partial charge in [-0.2, -0.15) is 0 Å². The van der Waals surface area contributed by atoms with Crippen LogP contribution in [0, 0.1) is 0 Å². The molecule has 21 heavy (non-hydrogen) atoms. The van der Waals surface area contributed by atoms with Gasteiger partial charge in [0, 0.05) is 18.2 Å². The maximum Gasteiger partial charge on any atom is 0.265 e. The SMILES string of the molecule is COc1cc(N)ccc1NC(=O)C1Cc2ccccc2O1. The van der Waals surface area contributed by atoms with Gasteiger partial charge in [-0.05, 0) is 23.8 Å². The summed E-state index contributed by atoms with van der Waals surface area (Å²) in [6.07, 6.45) is 0.0453. The standard InChI is InChI=1S/C16H16N2O3/c1-20-14-9-11(17)6-7-12(14)18-16(19)15-8-10-4-2-3-5-13(10)21-15/h2-7,9,15H,8,17H2,1H3,(H,18,19). The number of amides is 1. The number of benzene rings is 2. The molecule has 0 aliphatic carbocycles. The Balaban J connectivity index is 1.74. The van der Waals surface area contributed by atoms with Gasteiger partial charge in [-0.3, -0.25) is 4.79 Å². The summed E-state index contributed by atoms with van der Waals surface area (Å²) in [6.45, 7) is 0. The van der Waals surface area contributed by atoms with Crippen molar-refractivity contribution in [1.82, 2.24) is 0 Å². The van der Waals surface area contributed by atoms with Crippen molar-refractivity contribution in [1.29, 1.82) is 0 Å². The highest BCUT2D eigenvalue weighted by atomic mass is 16.5. The van der Waals surface area contributed by atoms with Gasteiger partial charge in [0.25, 0.3) is 5.91 Å². The third-order valence-electron chi connectivity index (χ3n) is 3.42. The van der Waals surface area contributed by atoms with E-state index in [2.05, 4.69) is 5.32 Å². The molecule has 0 aromatic heterocycles. The van der Waals surface area contributed by atoms with Gasteiger partial charge in [-0.15, -0.1) is 0 Å². The van der Waals surface area contributed by atoms with Crippen molar-refractivity contribution in [3.63, 3.8) is 0 Å². The fourth-order valence-electron chi connectivity index (χ4n) is 2.35. The number of para-hydroxylation sites is 1. The molecule has 0 spiro atoms. The number of methoxy groups -OCH3 is 1. The lowest BCUT2D eigenvalue weighted by molar-refractivity contribution is -0.122. The van der Waals surface area contributed by atoms with E-state index in [4.69, 9.17) is 15.2 Å². The molecule has 0 saturated heterocycles. The van der Waals surface area contributed by atoms with Gasteiger partial charge in [0.15, 0.2) is 6.10 Å². The van der Waals surface area contributed by atoms with Crippen molar-refractivity contribution >= 4 is 17.3 Å². The van der Waals surface area contributed by atoms with E-state index in [0.29, 0.717) is 23.5 Å². The molecule has 108 valence electrons. The van der Waals surface area contributed by atoms with E-state index in [-0.39, 0.29) is 5.91 Å². The third kappa shape index (κ3) is 2.63. The van der Waals surface area contributed by atoms with Crippen molar-refractivity contribution in [2.75, 3.05) is 18.2 Å². The summed E-state index contributed by atoms with van der Waals surface area (Å²) in [7, 11) is 1.53. The van der Waals surface area contributed by atoms with E-state index in [1.165, 1.54) is 7.11 Å². The lowest BCUT2D eigenvalue weighted by Gasteiger charge is -2.14. The molecule has 3 rings (SSSR count). The fraction of sp³-hybridized carbons (Fsp3) is 0.188. The quantitative estimate of drug-likeness (QED) is 0.848. The lowest BCUT2D eigenvalue weighted by Crippen LogP contribution is -2.31. The molecular formula is C16H16N2O3. The summed E-state index contributed by atoms with van der Waals surface area (Å²) in [5.74, 6) is 1.09. The fourth-order valence-corrected chi connectivity index (χ4v) is 2.35. The van der Waals surface area contributed by atoms with E-state index < -0.39 is 6.10 Å². The summed E-state index contributed by atoms with van der Waals surface area (Å²) >= 11 is 0. The van der Waals surface area contributed by atoms with E-state index in [0.717, 1.165) is 11.3 Å². The van der Waals surface area contributed by atoms with Gasteiger partial charge < -0.3 is 20.5 Å². The first-order valence-corrected chi connectivity index (χ1v) is 6.66. The first kappa shape index (κ1) is 13.3. The molecule has 0 radical (unpaired) electrons. The average molecular weight is 284 g/mol. The molecule has 0 bridgehead atoms. The summed E-state index contributed by atoms with van der Waals surface area (Å²) in [5, 5.41) is 2.82. The number of fused-ring (bicyclic) bond motifs is 1. The van der Waals surface area contributed by atoms with E-state index in [1.807, 2.05) is 24.3 Å². The number of rotatable bonds is 3. The average Bonchev–Trinajstić information content (AvgIpc) is 2.93. The van der Waals surface area contributed by atoms with E-state index >= 15 is 0 Å². The molecule has 1 aliphatic heterocycles. The Hall–Kier alpha value is -2.69. The van der Waals surface area contributed by atoms with Crippen LogP contribution in [0.2, 0.25) is 0 Å². The first-order chi connectivity index (χ1) is 10.2. The molecule has 0 fully saturated rings. The molecule has 1 atom stereocenters. The summed E-state index contributed by atoms with van der Waals surface area (Å²) in [5.41, 5.74) is 7.90. The lowest BCUT2D eigenvalue weighted by atomic mass is 10.1. The van der Waals surface area contributed by atoms with Crippen LogP contribution < -0.4 is 20.5 Å². The Labute approximate surface area is 122 Å². The molecule has 3 N–H and O–H groups in total. The molecular weight excluding hydrogens is 268 g/mol. The molecule has 1 unspecified atom stereocenters. The number of ether oxygens (including phenoxy) is 2. The minimum absolute atomic E-state index is 0.200. The van der Waals surface area contributed by atoms with Gasteiger partial charge in [-0.25, -0.2) is 0 Å². The highest BCUT2D eigenvalue weighted by Crippen LogP contribution is 2.30. The second kappa shape index (κ2) is 5.36. The zero-order chi connectivity index (χ0) is 14.8. The molecule has 0 saturated carbocycles. The van der Waals surface area contributed by atoms with Crippen molar-refractivity contribution in [2.45, 2.75) is 12.5 Å². The van der Waals surface area contributed by atoms with Crippen LogP contribution in [0.25, 0.3) is 0 Å². The predicted octanol–water partition coefficient (Wildman–Crippen LogP) is 2.22. The van der Waals surface area contributed by atoms with Crippen molar-refractivity contribution in [2.24, 2.45) is 0 Å². The highest BCUT2D eigenvalue weighted by molar-refractivity contribution is 5.96. The third-order valence-corrected chi connectivity index (χ3v) is 3.42. The van der Waals surface area contributed by atoms with Crippen LogP contribution in [0.5, 0.6) is 11.5 Å². The molecule has 2 aromatic rings. The second-order valence-electron chi connectivity index (χ2n) is 4.87. The molecule has 5 heteroatoms. The summed E-state index contributed by atoms with van der Waals surface area (Å²) in [4.78, 5) is 12.3. The van der Waals surface area contributed by atoms with Crippen LogP contribution in [-0.2, 0) is 11.2 Å². The van der Waals surface area contributed by atoms with Gasteiger partial charge in [-0.1, -0.05) is 18.2 Å². The Morgan fingerprint density at radius 3 is 2.90 bits per heavy atom. The summed E-state index contributed by atoms with van der Waals surface area (Å²) in [6, 6.07) is 12.8. The number of nitrogens with one attached hydrogen (secondary N) is 1. The Morgan fingerprint density at radius 1 is 1.33 bits per heavy atom. The normalized spacial score (nSPS) is 16.0. The van der Waals surface area contributed by atoms with Gasteiger partial charge in [0.2, 0.25) is 0 Å². The first-order valence-electron chi connectivity index (χ1n) is 6.66. The van der Waals surface area contributed by atoms with Crippen LogP contribution in [0.1, 0.15) is 5.56 Å². The molecule has 5 nitrogen and oxygen atoms in total. The highest BCUT2D eigenvalue weighted by Gasteiger charge is 2.29. The Bertz CT molecular complexity index is 660. The van der Waals surface area contributed by atoms with Crippen LogP contribution in [0.15, 0.2) is 42.5 Å². The largest absolute Gasteiger partial charge is 0.494 e. The Kier molecular flexibility index (Phi) is 3.39. The van der Waals surface area contributed by atoms with Crippen LogP contribution in [0.3, 0.4) is 0 Å². The van der Waals surface area contributed by atoms with Crippen LogP contribution in [0.4, 0.5) is 11.4 Å². The zero-order valence-corrected chi connectivity index (χ0v) is 11.6. The van der Waals surface area contributed by atoms with Gasteiger partial charge in [0.1, 0.15) is 11.5 Å². The van der Waals surface area contributed by atoms with Crippen molar-refractivity contribution in [3.8, 4) is 11.5 Å². The number of nitrogen functional groups attached to an aromatic ring is 1. The van der Waals surface area contributed by atoms with Crippen LogP contribution >= 0.6 is 0 Å². The van der Waals surface area contributed by atoms with Crippen molar-refractivity contribution < 1.29 is 14.3 Å². The molecule has 1 aliphatic rings. The summed E-state index contributed by atoms with van der Waals surface area (Å²) < 4.78 is 10.9. The van der Waals surface area contributed by atoms with Gasteiger partial charge >= 0.3 is 0 Å². The number of hydrogen-bond donors (Lipinski definition) is 2. The smallest absolute Gasteiger partial charge is 0.265 e. The van der Waals surface area contributed by atoms with E-state index in [1.54, 1.807) is 18.2 Å². The molecule has 1 heterocycles. The number of carbonyl (C=O) groups is 1. The second-order valence-corrected chi connectivity index (χ2v) is 4.87. The number of carbonyl (C=O) groups excluding carboxylic acids is 1.